The minimum absolute atomic E-state index is 0.000842. The number of hydrogen-bond acceptors (Lipinski definition) is 7. The first-order chi connectivity index (χ1) is 16.5. The van der Waals surface area contributed by atoms with Crippen molar-refractivity contribution in [3.63, 3.8) is 0 Å². The molecule has 2 aromatic carbocycles. The normalized spacial score (nSPS) is 13.5. The topological polar surface area (TPSA) is 124 Å². The number of anilines is 1. The van der Waals surface area contributed by atoms with Crippen LogP contribution < -0.4 is 19.8 Å². The molecule has 1 aromatic heterocycles. The molecule has 1 aliphatic rings. The first-order valence-corrected chi connectivity index (χ1v) is 11.1. The molecule has 184 valence electrons. The maximum atomic E-state index is 12.9. The van der Waals surface area contributed by atoms with Gasteiger partial charge in [0.15, 0.2) is 11.5 Å². The summed E-state index contributed by atoms with van der Waals surface area (Å²) in [5.41, 5.74) is 0.821. The fraction of sp³-hybridized carbons (Fsp3) is 0.360. The van der Waals surface area contributed by atoms with Crippen LogP contribution in [0, 0.1) is 10.1 Å². The van der Waals surface area contributed by atoms with E-state index in [1.54, 1.807) is 24.9 Å². The van der Waals surface area contributed by atoms with Crippen LogP contribution in [0.25, 0.3) is 10.9 Å². The van der Waals surface area contributed by atoms with Gasteiger partial charge in [0.1, 0.15) is 11.3 Å². The molecule has 1 aliphatic heterocycles. The monoisotopic (exact) mass is 481 g/mol. The van der Waals surface area contributed by atoms with Gasteiger partial charge in [-0.05, 0) is 56.5 Å². The Bertz CT molecular complexity index is 1420. The Morgan fingerprint density at radius 2 is 1.71 bits per heavy atom. The number of nitro benzene ring substituents is 1. The third kappa shape index (κ3) is 4.16. The van der Waals surface area contributed by atoms with E-state index in [9.17, 15) is 24.8 Å². The van der Waals surface area contributed by atoms with Crippen LogP contribution in [0.15, 0.2) is 35.3 Å². The van der Waals surface area contributed by atoms with Crippen LogP contribution in [-0.4, -0.2) is 41.3 Å². The minimum Gasteiger partial charge on any atom is -0.493 e. The van der Waals surface area contributed by atoms with E-state index in [0.29, 0.717) is 42.2 Å². The standard InChI is InChI=1S/C25H27N3O7/c1-25(2,3)27-13-17(24(30)31)23(29)16-10-20(28(32)33)19(11-18(16)27)26-7-6-14-8-21(34-4)22(35-5)9-15(14)12-26/h8-11,13H,6-7,12H2,1-5H3,(H,30,31). The fourth-order valence-corrected chi connectivity index (χ4v) is 4.55. The highest BCUT2D eigenvalue weighted by Crippen LogP contribution is 2.39. The van der Waals surface area contributed by atoms with Gasteiger partial charge in [-0.15, -0.1) is 0 Å². The summed E-state index contributed by atoms with van der Waals surface area (Å²) in [5.74, 6) is -0.178. The number of benzene rings is 2. The minimum atomic E-state index is -1.38. The second kappa shape index (κ2) is 8.61. The number of aromatic carboxylic acids is 1. The average Bonchev–Trinajstić information content (AvgIpc) is 2.81. The van der Waals surface area contributed by atoms with E-state index in [-0.39, 0.29) is 11.1 Å². The van der Waals surface area contributed by atoms with Crippen molar-refractivity contribution in [3.8, 4) is 11.5 Å². The van der Waals surface area contributed by atoms with Crippen LogP contribution >= 0.6 is 0 Å². The van der Waals surface area contributed by atoms with Gasteiger partial charge in [-0.3, -0.25) is 14.9 Å². The zero-order valence-corrected chi connectivity index (χ0v) is 20.2. The number of methoxy groups -OCH3 is 2. The molecule has 0 aliphatic carbocycles. The van der Waals surface area contributed by atoms with Gasteiger partial charge >= 0.3 is 5.97 Å². The van der Waals surface area contributed by atoms with Gasteiger partial charge in [0.05, 0.1) is 30.0 Å². The quantitative estimate of drug-likeness (QED) is 0.429. The molecule has 0 bridgehead atoms. The lowest BCUT2D eigenvalue weighted by Crippen LogP contribution is -2.32. The molecule has 0 spiro atoms. The molecule has 0 fully saturated rings. The predicted octanol–water partition coefficient (Wildman–Crippen LogP) is 3.94. The Hall–Kier alpha value is -4.08. The maximum absolute atomic E-state index is 12.9. The molecule has 0 amide bonds. The summed E-state index contributed by atoms with van der Waals surface area (Å²) >= 11 is 0. The Morgan fingerprint density at radius 3 is 2.26 bits per heavy atom. The first kappa shape index (κ1) is 24.1. The third-order valence-corrected chi connectivity index (χ3v) is 6.31. The highest BCUT2D eigenvalue weighted by Gasteiger charge is 2.29. The van der Waals surface area contributed by atoms with Crippen LogP contribution in [0.5, 0.6) is 11.5 Å². The molecular formula is C25H27N3O7. The van der Waals surface area contributed by atoms with Crippen LogP contribution in [0.4, 0.5) is 11.4 Å². The van der Waals surface area contributed by atoms with Crippen molar-refractivity contribution in [3.05, 3.63) is 67.5 Å². The van der Waals surface area contributed by atoms with Crippen LogP contribution in [0.3, 0.4) is 0 Å². The van der Waals surface area contributed by atoms with Crippen molar-refractivity contribution in [2.45, 2.75) is 39.3 Å². The zero-order chi connectivity index (χ0) is 25.7. The fourth-order valence-electron chi connectivity index (χ4n) is 4.55. The smallest absolute Gasteiger partial charge is 0.341 e. The van der Waals surface area contributed by atoms with Crippen LogP contribution in [-0.2, 0) is 18.5 Å². The lowest BCUT2D eigenvalue weighted by molar-refractivity contribution is -0.384. The summed E-state index contributed by atoms with van der Waals surface area (Å²) in [6.45, 7) is 6.54. The van der Waals surface area contributed by atoms with Crippen LogP contribution in [0.2, 0.25) is 0 Å². The lowest BCUT2D eigenvalue weighted by atomic mass is 9.97. The summed E-state index contributed by atoms with van der Waals surface area (Å²) in [6, 6.07) is 6.62. The van der Waals surface area contributed by atoms with Gasteiger partial charge in [0.2, 0.25) is 5.43 Å². The molecule has 0 atom stereocenters. The molecule has 35 heavy (non-hydrogen) atoms. The second-order valence-electron chi connectivity index (χ2n) is 9.48. The Kier molecular flexibility index (Phi) is 5.92. The summed E-state index contributed by atoms with van der Waals surface area (Å²) in [7, 11) is 3.12. The van der Waals surface area contributed by atoms with Crippen LogP contribution in [0.1, 0.15) is 42.3 Å². The largest absolute Gasteiger partial charge is 0.493 e. The van der Waals surface area contributed by atoms with Gasteiger partial charge in [-0.1, -0.05) is 0 Å². The summed E-state index contributed by atoms with van der Waals surface area (Å²) in [5, 5.41) is 21.6. The number of nitrogens with zero attached hydrogens (tertiary/aromatic N) is 3. The molecule has 10 nitrogen and oxygen atoms in total. The van der Waals surface area contributed by atoms with E-state index >= 15 is 0 Å². The highest BCUT2D eigenvalue weighted by molar-refractivity contribution is 5.95. The van der Waals surface area contributed by atoms with Gasteiger partial charge in [0.25, 0.3) is 5.69 Å². The van der Waals surface area contributed by atoms with E-state index < -0.39 is 27.4 Å². The molecule has 10 heteroatoms. The molecule has 4 rings (SSSR count). The van der Waals surface area contributed by atoms with E-state index in [1.165, 1.54) is 12.3 Å². The van der Waals surface area contributed by atoms with E-state index in [1.807, 2.05) is 37.8 Å². The van der Waals surface area contributed by atoms with Gasteiger partial charge in [0, 0.05) is 30.9 Å². The van der Waals surface area contributed by atoms with Crippen molar-refractivity contribution in [2.75, 3.05) is 25.7 Å². The van der Waals surface area contributed by atoms with Crippen molar-refractivity contribution < 1.29 is 24.3 Å². The van der Waals surface area contributed by atoms with Crippen molar-refractivity contribution in [2.24, 2.45) is 0 Å². The van der Waals surface area contributed by atoms with Crippen molar-refractivity contribution in [1.82, 2.24) is 4.57 Å². The zero-order valence-electron chi connectivity index (χ0n) is 20.2. The molecule has 3 aromatic rings. The first-order valence-electron chi connectivity index (χ1n) is 11.1. The predicted molar refractivity (Wildman–Crippen MR) is 131 cm³/mol. The number of ether oxygens (including phenoxy) is 2. The Labute approximate surface area is 201 Å². The molecule has 0 unspecified atom stereocenters. The van der Waals surface area contributed by atoms with Gasteiger partial charge in [-0.2, -0.15) is 0 Å². The van der Waals surface area contributed by atoms with Crippen molar-refractivity contribution >= 4 is 28.2 Å². The van der Waals surface area contributed by atoms with E-state index in [0.717, 1.165) is 11.1 Å². The second-order valence-corrected chi connectivity index (χ2v) is 9.48. The number of nitro groups is 1. The number of aromatic nitrogens is 1. The number of carboxylic acid groups (broad SMARTS) is 1. The number of fused-ring (bicyclic) bond motifs is 2. The number of carboxylic acids is 1. The molecule has 0 saturated carbocycles. The average molecular weight is 482 g/mol. The number of rotatable bonds is 5. The van der Waals surface area contributed by atoms with Gasteiger partial charge in [-0.25, -0.2) is 4.79 Å². The van der Waals surface area contributed by atoms with E-state index in [4.69, 9.17) is 9.47 Å². The third-order valence-electron chi connectivity index (χ3n) is 6.31. The maximum Gasteiger partial charge on any atom is 0.341 e. The molecule has 1 N–H and O–H groups in total. The summed E-state index contributed by atoms with van der Waals surface area (Å²) < 4.78 is 12.5. The number of hydrogen-bond donors (Lipinski definition) is 1. The summed E-state index contributed by atoms with van der Waals surface area (Å²) in [4.78, 5) is 38.1. The van der Waals surface area contributed by atoms with E-state index in [2.05, 4.69) is 0 Å². The number of pyridine rings is 1. The molecule has 0 saturated heterocycles. The Balaban J connectivity index is 1.94. The van der Waals surface area contributed by atoms with Gasteiger partial charge < -0.3 is 24.0 Å². The molecule has 0 radical (unpaired) electrons. The lowest BCUT2D eigenvalue weighted by Gasteiger charge is -2.32. The number of carbonyl (C=O) groups is 1. The summed E-state index contributed by atoms with van der Waals surface area (Å²) in [6.07, 6.45) is 1.94. The Morgan fingerprint density at radius 1 is 1.09 bits per heavy atom. The molecule has 2 heterocycles. The molecular weight excluding hydrogens is 454 g/mol. The van der Waals surface area contributed by atoms with Crippen molar-refractivity contribution in [1.29, 1.82) is 0 Å². The SMILES string of the molecule is COc1cc2c(cc1OC)CN(c1cc3c(cc1[N+](=O)[O-])c(=O)c(C(=O)O)cn3C(C)(C)C)CC2. The highest BCUT2D eigenvalue weighted by atomic mass is 16.6.